The summed E-state index contributed by atoms with van der Waals surface area (Å²) in [5, 5.41) is 13.3. The lowest BCUT2D eigenvalue weighted by molar-refractivity contribution is -0.0698. The van der Waals surface area contributed by atoms with Gasteiger partial charge in [-0.15, -0.1) is 0 Å². The fourth-order valence-electron chi connectivity index (χ4n) is 1.23. The molecule has 1 saturated heterocycles. The van der Waals surface area contributed by atoms with Crippen molar-refractivity contribution < 1.29 is 5.21 Å². The van der Waals surface area contributed by atoms with Crippen LogP contribution < -0.4 is 5.32 Å². The zero-order valence-electron chi connectivity index (χ0n) is 5.80. The molecule has 0 saturated carbocycles. The van der Waals surface area contributed by atoms with E-state index in [0.29, 0.717) is 6.04 Å². The zero-order valence-corrected chi connectivity index (χ0v) is 5.80. The molecule has 1 aliphatic rings. The van der Waals surface area contributed by atoms with E-state index in [1.54, 1.807) is 7.05 Å². The Morgan fingerprint density at radius 2 is 2.56 bits per heavy atom. The summed E-state index contributed by atoms with van der Waals surface area (Å²) in [7, 11) is 1.68. The maximum Gasteiger partial charge on any atom is 0.0388 e. The van der Waals surface area contributed by atoms with Crippen LogP contribution in [0.25, 0.3) is 0 Å². The second kappa shape index (κ2) is 3.15. The van der Waals surface area contributed by atoms with E-state index in [0.717, 1.165) is 13.1 Å². The molecule has 1 aliphatic heterocycles. The number of hydrogen-bond acceptors (Lipinski definition) is 3. The Morgan fingerprint density at radius 3 is 3.00 bits per heavy atom. The number of rotatable bonds is 2. The first-order valence-corrected chi connectivity index (χ1v) is 3.42. The van der Waals surface area contributed by atoms with Crippen molar-refractivity contribution in [2.24, 2.45) is 0 Å². The Kier molecular flexibility index (Phi) is 2.45. The third-order valence-electron chi connectivity index (χ3n) is 1.65. The fourth-order valence-corrected chi connectivity index (χ4v) is 1.23. The van der Waals surface area contributed by atoms with Crippen LogP contribution in [0.15, 0.2) is 0 Å². The van der Waals surface area contributed by atoms with Crippen LogP contribution in [0.3, 0.4) is 0 Å². The van der Waals surface area contributed by atoms with E-state index in [-0.39, 0.29) is 0 Å². The van der Waals surface area contributed by atoms with Gasteiger partial charge in [0.1, 0.15) is 0 Å². The molecule has 1 rings (SSSR count). The lowest BCUT2D eigenvalue weighted by atomic mass is 10.2. The first kappa shape index (κ1) is 6.99. The Hall–Kier alpha value is -0.120. The van der Waals surface area contributed by atoms with E-state index in [9.17, 15) is 0 Å². The highest BCUT2D eigenvalue weighted by molar-refractivity contribution is 4.74. The van der Waals surface area contributed by atoms with Crippen LogP contribution in [-0.4, -0.2) is 36.4 Å². The molecule has 0 aromatic rings. The average molecular weight is 130 g/mol. The molecule has 0 aromatic carbocycles. The molecule has 0 amide bonds. The first-order valence-electron chi connectivity index (χ1n) is 3.42. The SMILES string of the molecule is CN(O)CC1CCCN1. The summed E-state index contributed by atoms with van der Waals surface area (Å²) in [4.78, 5) is 0. The van der Waals surface area contributed by atoms with Gasteiger partial charge >= 0.3 is 0 Å². The van der Waals surface area contributed by atoms with Crippen molar-refractivity contribution in [2.45, 2.75) is 18.9 Å². The van der Waals surface area contributed by atoms with Crippen molar-refractivity contribution in [1.29, 1.82) is 0 Å². The number of nitrogens with zero attached hydrogens (tertiary/aromatic N) is 1. The second-order valence-corrected chi connectivity index (χ2v) is 2.63. The predicted molar refractivity (Wildman–Crippen MR) is 35.4 cm³/mol. The topological polar surface area (TPSA) is 35.5 Å². The number of hydroxylamine groups is 2. The van der Waals surface area contributed by atoms with E-state index in [1.165, 1.54) is 17.9 Å². The molecule has 0 radical (unpaired) electrons. The van der Waals surface area contributed by atoms with Crippen molar-refractivity contribution in [3.8, 4) is 0 Å². The van der Waals surface area contributed by atoms with Crippen LogP contribution in [0.4, 0.5) is 0 Å². The lowest BCUT2D eigenvalue weighted by Gasteiger charge is -2.13. The number of nitrogens with one attached hydrogen (secondary N) is 1. The van der Waals surface area contributed by atoms with Gasteiger partial charge in [0.2, 0.25) is 0 Å². The van der Waals surface area contributed by atoms with E-state index in [1.807, 2.05) is 0 Å². The first-order chi connectivity index (χ1) is 4.29. The average Bonchev–Trinajstić information content (AvgIpc) is 2.15. The molecule has 54 valence electrons. The highest BCUT2D eigenvalue weighted by Gasteiger charge is 2.14. The summed E-state index contributed by atoms with van der Waals surface area (Å²) in [6.07, 6.45) is 2.45. The van der Waals surface area contributed by atoms with Crippen molar-refractivity contribution in [2.75, 3.05) is 20.1 Å². The van der Waals surface area contributed by atoms with Crippen LogP contribution in [-0.2, 0) is 0 Å². The van der Waals surface area contributed by atoms with E-state index in [4.69, 9.17) is 5.21 Å². The van der Waals surface area contributed by atoms with Crippen molar-refractivity contribution in [3.05, 3.63) is 0 Å². The van der Waals surface area contributed by atoms with Crippen molar-refractivity contribution in [3.63, 3.8) is 0 Å². The van der Waals surface area contributed by atoms with Crippen molar-refractivity contribution >= 4 is 0 Å². The minimum absolute atomic E-state index is 0.514. The monoisotopic (exact) mass is 130 g/mol. The standard InChI is InChI=1S/C6H14N2O/c1-8(9)5-6-3-2-4-7-6/h6-7,9H,2-5H2,1H3. The highest BCUT2D eigenvalue weighted by Crippen LogP contribution is 2.04. The van der Waals surface area contributed by atoms with Gasteiger partial charge in [-0.2, -0.15) is 5.06 Å². The fraction of sp³-hybridized carbons (Fsp3) is 1.00. The molecular weight excluding hydrogens is 116 g/mol. The van der Waals surface area contributed by atoms with Crippen LogP contribution in [0.1, 0.15) is 12.8 Å². The van der Waals surface area contributed by atoms with Gasteiger partial charge in [0.05, 0.1) is 0 Å². The maximum absolute atomic E-state index is 8.81. The van der Waals surface area contributed by atoms with Gasteiger partial charge in [-0.05, 0) is 19.4 Å². The molecule has 0 spiro atoms. The minimum atomic E-state index is 0.514. The summed E-state index contributed by atoms with van der Waals surface area (Å²) in [6.45, 7) is 1.86. The van der Waals surface area contributed by atoms with Gasteiger partial charge in [0, 0.05) is 19.6 Å². The Balaban J connectivity index is 2.11. The molecule has 0 aromatic heterocycles. The summed E-state index contributed by atoms with van der Waals surface area (Å²) < 4.78 is 0. The van der Waals surface area contributed by atoms with E-state index in [2.05, 4.69) is 5.32 Å². The van der Waals surface area contributed by atoms with Gasteiger partial charge < -0.3 is 10.5 Å². The Morgan fingerprint density at radius 1 is 1.78 bits per heavy atom. The quantitative estimate of drug-likeness (QED) is 0.519. The molecule has 0 bridgehead atoms. The Bertz CT molecular complexity index is 79.1. The van der Waals surface area contributed by atoms with Gasteiger partial charge in [-0.1, -0.05) is 0 Å². The minimum Gasteiger partial charge on any atom is -0.314 e. The summed E-state index contributed by atoms with van der Waals surface area (Å²) in [5.41, 5.74) is 0. The smallest absolute Gasteiger partial charge is 0.0388 e. The molecule has 9 heavy (non-hydrogen) atoms. The van der Waals surface area contributed by atoms with Crippen LogP contribution in [0, 0.1) is 0 Å². The third kappa shape index (κ3) is 2.30. The molecule has 0 aliphatic carbocycles. The van der Waals surface area contributed by atoms with E-state index < -0.39 is 0 Å². The molecule has 2 N–H and O–H groups in total. The van der Waals surface area contributed by atoms with Crippen LogP contribution in [0.2, 0.25) is 0 Å². The number of likely N-dealkylation sites (N-methyl/N-ethyl adjacent to an activating group) is 1. The number of hydrogen-bond donors (Lipinski definition) is 2. The summed E-state index contributed by atoms with van der Waals surface area (Å²) in [6, 6.07) is 0.514. The molecule has 1 atom stereocenters. The molecule has 1 fully saturated rings. The largest absolute Gasteiger partial charge is 0.314 e. The van der Waals surface area contributed by atoms with Gasteiger partial charge in [0.15, 0.2) is 0 Å². The third-order valence-corrected chi connectivity index (χ3v) is 1.65. The van der Waals surface area contributed by atoms with Gasteiger partial charge in [0.25, 0.3) is 0 Å². The van der Waals surface area contributed by atoms with Gasteiger partial charge in [-0.25, -0.2) is 0 Å². The normalized spacial score (nSPS) is 27.7. The van der Waals surface area contributed by atoms with Crippen LogP contribution in [0.5, 0.6) is 0 Å². The summed E-state index contributed by atoms with van der Waals surface area (Å²) in [5.74, 6) is 0. The molecule has 3 heteroatoms. The molecule has 1 unspecified atom stereocenters. The second-order valence-electron chi connectivity index (χ2n) is 2.63. The van der Waals surface area contributed by atoms with Crippen molar-refractivity contribution in [1.82, 2.24) is 10.4 Å². The maximum atomic E-state index is 8.81. The molecular formula is C6H14N2O. The highest BCUT2D eigenvalue weighted by atomic mass is 16.5. The zero-order chi connectivity index (χ0) is 6.69. The lowest BCUT2D eigenvalue weighted by Crippen LogP contribution is -2.33. The molecule has 3 nitrogen and oxygen atoms in total. The Labute approximate surface area is 55.6 Å². The van der Waals surface area contributed by atoms with Gasteiger partial charge in [-0.3, -0.25) is 0 Å². The van der Waals surface area contributed by atoms with Crippen LogP contribution >= 0.6 is 0 Å². The predicted octanol–water partition coefficient (Wildman–Crippen LogP) is 0.0594. The summed E-state index contributed by atoms with van der Waals surface area (Å²) >= 11 is 0. The van der Waals surface area contributed by atoms with E-state index >= 15 is 0 Å². The molecule has 1 heterocycles.